The molecule has 0 bridgehead atoms. The van der Waals surface area contributed by atoms with Crippen molar-refractivity contribution in [3.8, 4) is 0 Å². The van der Waals surface area contributed by atoms with Crippen LogP contribution in [0.15, 0.2) is 32.3 Å². The number of aliphatic imine (C=N–C) groups is 1. The van der Waals surface area contributed by atoms with Crippen molar-refractivity contribution in [2.45, 2.75) is 45.6 Å². The van der Waals surface area contributed by atoms with Crippen molar-refractivity contribution in [2.24, 2.45) is 4.99 Å². The SMILES string of the molecule is CN=C(NCC(C)c1c(C)noc1C)NCC(c1ccco1)N1CCCC1. The first-order chi connectivity index (χ1) is 13.1. The van der Waals surface area contributed by atoms with Crippen LogP contribution in [0, 0.1) is 13.8 Å². The van der Waals surface area contributed by atoms with E-state index in [0.717, 1.165) is 49.4 Å². The second-order valence-electron chi connectivity index (χ2n) is 7.25. The second-order valence-corrected chi connectivity index (χ2v) is 7.25. The van der Waals surface area contributed by atoms with Crippen LogP contribution < -0.4 is 10.6 Å². The Labute approximate surface area is 161 Å². The van der Waals surface area contributed by atoms with Crippen LogP contribution in [0.4, 0.5) is 0 Å². The molecule has 1 aliphatic rings. The summed E-state index contributed by atoms with van der Waals surface area (Å²) in [5.74, 6) is 2.97. The normalized spacial score (nSPS) is 17.9. The molecule has 2 atom stereocenters. The highest BCUT2D eigenvalue weighted by atomic mass is 16.5. The van der Waals surface area contributed by atoms with Gasteiger partial charge < -0.3 is 19.6 Å². The predicted molar refractivity (Wildman–Crippen MR) is 106 cm³/mol. The number of hydrogen-bond donors (Lipinski definition) is 2. The third kappa shape index (κ3) is 4.71. The average Bonchev–Trinajstić information content (AvgIpc) is 3.41. The Morgan fingerprint density at radius 2 is 2.00 bits per heavy atom. The van der Waals surface area contributed by atoms with Crippen molar-refractivity contribution in [1.82, 2.24) is 20.7 Å². The van der Waals surface area contributed by atoms with Gasteiger partial charge in [-0.25, -0.2) is 0 Å². The van der Waals surface area contributed by atoms with E-state index in [-0.39, 0.29) is 12.0 Å². The van der Waals surface area contributed by atoms with Crippen LogP contribution in [-0.2, 0) is 0 Å². The van der Waals surface area contributed by atoms with E-state index in [1.165, 1.54) is 18.4 Å². The number of hydrogen-bond acceptors (Lipinski definition) is 5. The largest absolute Gasteiger partial charge is 0.468 e. The fourth-order valence-corrected chi connectivity index (χ4v) is 3.90. The predicted octanol–water partition coefficient (Wildman–Crippen LogP) is 2.99. The Morgan fingerprint density at radius 1 is 1.26 bits per heavy atom. The Balaban J connectivity index is 1.56. The summed E-state index contributed by atoms with van der Waals surface area (Å²) in [7, 11) is 1.80. The van der Waals surface area contributed by atoms with E-state index >= 15 is 0 Å². The van der Waals surface area contributed by atoms with Gasteiger partial charge in [0, 0.05) is 31.6 Å². The van der Waals surface area contributed by atoms with Crippen LogP contribution in [0.5, 0.6) is 0 Å². The fraction of sp³-hybridized carbons (Fsp3) is 0.600. The van der Waals surface area contributed by atoms with Crippen molar-refractivity contribution < 1.29 is 8.94 Å². The van der Waals surface area contributed by atoms with Crippen LogP contribution in [0.1, 0.15) is 54.5 Å². The molecule has 0 saturated carbocycles. The van der Waals surface area contributed by atoms with Gasteiger partial charge in [-0.05, 0) is 51.9 Å². The minimum Gasteiger partial charge on any atom is -0.468 e. The second kappa shape index (κ2) is 9.08. The molecule has 1 fully saturated rings. The Morgan fingerprint density at radius 3 is 2.59 bits per heavy atom. The molecule has 1 saturated heterocycles. The van der Waals surface area contributed by atoms with E-state index in [2.05, 4.69) is 38.7 Å². The highest BCUT2D eigenvalue weighted by Gasteiger charge is 2.25. The molecule has 7 nitrogen and oxygen atoms in total. The summed E-state index contributed by atoms with van der Waals surface area (Å²) in [4.78, 5) is 6.85. The van der Waals surface area contributed by atoms with Gasteiger partial charge in [-0.3, -0.25) is 9.89 Å². The number of nitrogens with zero attached hydrogens (tertiary/aromatic N) is 3. The highest BCUT2D eigenvalue weighted by Crippen LogP contribution is 2.25. The maximum atomic E-state index is 5.69. The van der Waals surface area contributed by atoms with Gasteiger partial charge in [0.1, 0.15) is 11.5 Å². The van der Waals surface area contributed by atoms with E-state index in [0.29, 0.717) is 0 Å². The molecule has 7 heteroatoms. The zero-order valence-electron chi connectivity index (χ0n) is 16.8. The third-order valence-corrected chi connectivity index (χ3v) is 5.30. The van der Waals surface area contributed by atoms with Gasteiger partial charge in [0.2, 0.25) is 0 Å². The van der Waals surface area contributed by atoms with Crippen molar-refractivity contribution in [3.05, 3.63) is 41.2 Å². The summed E-state index contributed by atoms with van der Waals surface area (Å²) in [6, 6.07) is 4.23. The minimum absolute atomic E-state index is 0.223. The average molecular weight is 374 g/mol. The molecule has 2 aromatic rings. The molecule has 0 aliphatic carbocycles. The number of nitrogens with one attached hydrogen (secondary N) is 2. The molecule has 0 radical (unpaired) electrons. The molecule has 3 heterocycles. The molecule has 0 spiro atoms. The smallest absolute Gasteiger partial charge is 0.191 e. The highest BCUT2D eigenvalue weighted by molar-refractivity contribution is 5.79. The van der Waals surface area contributed by atoms with Crippen molar-refractivity contribution >= 4 is 5.96 Å². The van der Waals surface area contributed by atoms with Crippen LogP contribution >= 0.6 is 0 Å². The number of furan rings is 1. The van der Waals surface area contributed by atoms with Gasteiger partial charge >= 0.3 is 0 Å². The Hall–Kier alpha value is -2.28. The van der Waals surface area contributed by atoms with Crippen LogP contribution in [0.2, 0.25) is 0 Å². The molecule has 2 aromatic heterocycles. The van der Waals surface area contributed by atoms with Crippen molar-refractivity contribution in [3.63, 3.8) is 0 Å². The molecule has 2 unspecified atom stereocenters. The maximum absolute atomic E-state index is 5.69. The van der Waals surface area contributed by atoms with Crippen molar-refractivity contribution in [2.75, 3.05) is 33.2 Å². The monoisotopic (exact) mass is 373 g/mol. The number of guanidine groups is 1. The molecular weight excluding hydrogens is 342 g/mol. The maximum Gasteiger partial charge on any atom is 0.191 e. The van der Waals surface area contributed by atoms with E-state index in [1.54, 1.807) is 13.3 Å². The van der Waals surface area contributed by atoms with E-state index in [9.17, 15) is 0 Å². The Kier molecular flexibility index (Phi) is 6.55. The summed E-state index contributed by atoms with van der Waals surface area (Å²) in [6.07, 6.45) is 4.25. The first kappa shape index (κ1) is 19.5. The first-order valence-corrected chi connectivity index (χ1v) is 9.75. The zero-order chi connectivity index (χ0) is 19.2. The molecule has 0 aromatic carbocycles. The van der Waals surface area contributed by atoms with Gasteiger partial charge in [-0.15, -0.1) is 0 Å². The molecular formula is C20H31N5O2. The van der Waals surface area contributed by atoms with E-state index in [4.69, 9.17) is 8.94 Å². The van der Waals surface area contributed by atoms with Gasteiger partial charge in [-0.1, -0.05) is 12.1 Å². The first-order valence-electron chi connectivity index (χ1n) is 9.75. The zero-order valence-corrected chi connectivity index (χ0v) is 16.8. The van der Waals surface area contributed by atoms with Gasteiger partial charge in [0.05, 0.1) is 18.0 Å². The van der Waals surface area contributed by atoms with Gasteiger partial charge in [0.15, 0.2) is 5.96 Å². The number of likely N-dealkylation sites (tertiary alicyclic amines) is 1. The number of aryl methyl sites for hydroxylation is 2. The van der Waals surface area contributed by atoms with Crippen LogP contribution in [0.3, 0.4) is 0 Å². The minimum atomic E-state index is 0.223. The summed E-state index contributed by atoms with van der Waals surface area (Å²) < 4.78 is 11.0. The molecule has 148 valence electrons. The lowest BCUT2D eigenvalue weighted by atomic mass is 10.00. The fourth-order valence-electron chi connectivity index (χ4n) is 3.90. The van der Waals surface area contributed by atoms with Gasteiger partial charge in [-0.2, -0.15) is 0 Å². The quantitative estimate of drug-likeness (QED) is 0.574. The summed E-state index contributed by atoms with van der Waals surface area (Å²) in [6.45, 7) is 9.86. The standard InChI is InChI=1S/C20H31N5O2/c1-14(19-15(2)24-27-16(19)3)12-22-20(21-4)23-13-17(18-8-7-11-26-18)25-9-5-6-10-25/h7-8,11,14,17H,5-6,9-10,12-13H2,1-4H3,(H2,21,22,23). The molecule has 2 N–H and O–H groups in total. The molecule has 27 heavy (non-hydrogen) atoms. The van der Waals surface area contributed by atoms with E-state index < -0.39 is 0 Å². The molecule has 3 rings (SSSR count). The number of rotatable bonds is 7. The lowest BCUT2D eigenvalue weighted by Crippen LogP contribution is -2.43. The lowest BCUT2D eigenvalue weighted by Gasteiger charge is -2.27. The summed E-state index contributed by atoms with van der Waals surface area (Å²) in [5, 5.41) is 10.9. The third-order valence-electron chi connectivity index (χ3n) is 5.30. The van der Waals surface area contributed by atoms with Crippen LogP contribution in [-0.4, -0.2) is 49.2 Å². The molecule has 1 aliphatic heterocycles. The lowest BCUT2D eigenvalue weighted by molar-refractivity contribution is 0.215. The molecule has 0 amide bonds. The van der Waals surface area contributed by atoms with Crippen LogP contribution in [0.25, 0.3) is 0 Å². The van der Waals surface area contributed by atoms with E-state index in [1.807, 2.05) is 19.9 Å². The topological polar surface area (TPSA) is 78.8 Å². The Bertz CT molecular complexity index is 712. The summed E-state index contributed by atoms with van der Waals surface area (Å²) >= 11 is 0. The van der Waals surface area contributed by atoms with Gasteiger partial charge in [0.25, 0.3) is 0 Å². The summed E-state index contributed by atoms with van der Waals surface area (Å²) in [5.41, 5.74) is 2.13. The number of aromatic nitrogens is 1. The van der Waals surface area contributed by atoms with Crippen molar-refractivity contribution in [1.29, 1.82) is 0 Å².